The van der Waals surface area contributed by atoms with E-state index in [1.54, 1.807) is 45.0 Å². The van der Waals surface area contributed by atoms with Crippen molar-refractivity contribution in [1.29, 1.82) is 0 Å². The largest absolute Gasteiger partial charge is 0.481 e. The van der Waals surface area contributed by atoms with Crippen molar-refractivity contribution < 1.29 is 43.4 Å². The van der Waals surface area contributed by atoms with Gasteiger partial charge >= 0.3 is 11.9 Å². The summed E-state index contributed by atoms with van der Waals surface area (Å²) in [5.74, 6) is -1.08. The van der Waals surface area contributed by atoms with E-state index in [1.807, 2.05) is 39.6 Å². The minimum Gasteiger partial charge on any atom is -0.481 e. The van der Waals surface area contributed by atoms with E-state index in [2.05, 4.69) is 26.9 Å². The van der Waals surface area contributed by atoms with Gasteiger partial charge in [-0.05, 0) is 96.0 Å². The molecule has 0 spiro atoms. The quantitative estimate of drug-likeness (QED) is 0.0383. The number of carboxylic acids is 1. The molecule has 1 fully saturated rings. The monoisotopic (exact) mass is 895 g/mol. The van der Waals surface area contributed by atoms with Crippen LogP contribution in [-0.2, 0) is 40.0 Å². The van der Waals surface area contributed by atoms with Gasteiger partial charge in [-0.25, -0.2) is 10.0 Å². The Morgan fingerprint density at radius 1 is 1.10 bits per heavy atom. The van der Waals surface area contributed by atoms with Gasteiger partial charge in [-0.2, -0.15) is 0 Å². The zero-order chi connectivity index (χ0) is 47.0. The van der Waals surface area contributed by atoms with E-state index in [0.717, 1.165) is 36.3 Å². The number of hydroxylamine groups is 2. The van der Waals surface area contributed by atoms with Gasteiger partial charge in [0.05, 0.1) is 30.1 Å². The van der Waals surface area contributed by atoms with Gasteiger partial charge < -0.3 is 31.5 Å². The number of aliphatic carboxylic acids is 1. The standard InChI is InChI=1S/C46H69N7O9S/c1-11-13-16-23-61-53(44(58)39(29(5)12-2)51-42(57)36-17-14-15-22-52(36)10)37(28(3)4)25-38(62-31(7)54)43-50-35(27-63-43)41(56)49-34(26-46(8,9)45(59)60)24-32-18-20-33(21-19-32)48-40(55)30(6)47/h1,18-21,27-30,34,36-39H,12-17,22-26,47H2,2-10H3,(H,48,55)(H,49,56)(H,51,57)(H,59,60)/t29-,30-,34-,36+,37+,38+,39-/m0/s1. The fraction of sp³-hybridized carbons (Fsp3) is 0.630. The predicted octanol–water partition coefficient (Wildman–Crippen LogP) is 5.48. The Bertz CT molecular complexity index is 1890. The van der Waals surface area contributed by atoms with Crippen molar-refractivity contribution in [3.05, 3.63) is 45.9 Å². The van der Waals surface area contributed by atoms with Gasteiger partial charge in [-0.15, -0.1) is 23.7 Å². The highest BCUT2D eigenvalue weighted by Gasteiger charge is 2.40. The summed E-state index contributed by atoms with van der Waals surface area (Å²) in [5.41, 5.74) is 5.83. The maximum atomic E-state index is 14.7. The number of terminal acetylenes is 1. The molecule has 1 aliphatic heterocycles. The molecule has 4 amide bonds. The van der Waals surface area contributed by atoms with Crippen molar-refractivity contribution in [1.82, 2.24) is 25.6 Å². The van der Waals surface area contributed by atoms with Gasteiger partial charge in [0.1, 0.15) is 16.7 Å². The van der Waals surface area contributed by atoms with Crippen LogP contribution in [0, 0.1) is 29.6 Å². The highest BCUT2D eigenvalue weighted by Crippen LogP contribution is 2.32. The Hall–Kier alpha value is -4.89. The number of carboxylic acid groups (broad SMARTS) is 1. The average Bonchev–Trinajstić information content (AvgIpc) is 3.72. The van der Waals surface area contributed by atoms with E-state index >= 15 is 0 Å². The number of thiazole rings is 1. The third-order valence-electron chi connectivity index (χ3n) is 11.4. The third-order valence-corrected chi connectivity index (χ3v) is 12.4. The number of nitrogens with zero attached hydrogens (tertiary/aromatic N) is 3. The molecule has 1 aliphatic rings. The molecule has 0 bridgehead atoms. The van der Waals surface area contributed by atoms with E-state index in [4.69, 9.17) is 21.7 Å². The van der Waals surface area contributed by atoms with Crippen LogP contribution in [0.4, 0.5) is 5.69 Å². The zero-order valence-electron chi connectivity index (χ0n) is 38.4. The van der Waals surface area contributed by atoms with Crippen molar-refractivity contribution in [2.24, 2.45) is 23.0 Å². The number of carbonyl (C=O) groups is 6. The number of unbranched alkanes of at least 4 members (excludes halogenated alkanes) is 1. The summed E-state index contributed by atoms with van der Waals surface area (Å²) in [6, 6.07) is 3.67. The van der Waals surface area contributed by atoms with Gasteiger partial charge in [-0.1, -0.05) is 52.7 Å². The molecule has 1 aromatic carbocycles. The summed E-state index contributed by atoms with van der Waals surface area (Å²) in [6.45, 7) is 14.6. The molecule has 1 saturated heterocycles. The summed E-state index contributed by atoms with van der Waals surface area (Å²) in [7, 11) is 1.91. The summed E-state index contributed by atoms with van der Waals surface area (Å²) in [6.07, 6.45) is 9.03. The lowest BCUT2D eigenvalue weighted by molar-refractivity contribution is -0.213. The van der Waals surface area contributed by atoms with Crippen LogP contribution in [-0.4, -0.2) is 106 Å². The number of ether oxygens (including phenoxy) is 1. The molecular formula is C46H69N7O9S. The van der Waals surface area contributed by atoms with Gasteiger partial charge in [0.25, 0.3) is 11.8 Å². The van der Waals surface area contributed by atoms with E-state index in [9.17, 15) is 33.9 Å². The zero-order valence-corrected chi connectivity index (χ0v) is 39.2. The van der Waals surface area contributed by atoms with E-state index in [1.165, 1.54) is 17.4 Å². The molecule has 0 aliphatic carbocycles. The SMILES string of the molecule is C#CCCCON(C(=O)[C@@H](NC(=O)[C@H]1CCCCN1C)[C@@H](C)CC)[C@H](C[C@@H](OC(C)=O)c1nc(C(=O)N[C@@H](Cc2ccc(NC(=O)[C@H](C)N)cc2)CC(C)(C)C(=O)O)cs1)C(C)C. The van der Waals surface area contributed by atoms with E-state index in [-0.39, 0.29) is 61.3 Å². The second-order valence-corrected chi connectivity index (χ2v) is 18.5. The van der Waals surface area contributed by atoms with Crippen LogP contribution in [0.3, 0.4) is 0 Å². The molecule has 63 heavy (non-hydrogen) atoms. The normalized spacial score (nSPS) is 17.3. The molecule has 0 radical (unpaired) electrons. The van der Waals surface area contributed by atoms with Crippen LogP contribution < -0.4 is 21.7 Å². The lowest BCUT2D eigenvalue weighted by atomic mass is 9.84. The third kappa shape index (κ3) is 16.0. The van der Waals surface area contributed by atoms with Crippen molar-refractivity contribution in [2.75, 3.05) is 25.5 Å². The molecule has 1 aromatic heterocycles. The number of amides is 4. The second-order valence-electron chi connectivity index (χ2n) is 17.6. The van der Waals surface area contributed by atoms with Crippen LogP contribution in [0.5, 0.6) is 0 Å². The van der Waals surface area contributed by atoms with E-state index in [0.29, 0.717) is 36.4 Å². The van der Waals surface area contributed by atoms with Crippen LogP contribution in [0.25, 0.3) is 0 Å². The summed E-state index contributed by atoms with van der Waals surface area (Å²) >= 11 is 1.11. The van der Waals surface area contributed by atoms with Crippen LogP contribution in [0.2, 0.25) is 0 Å². The number of aromatic nitrogens is 1. The topological polar surface area (TPSA) is 223 Å². The molecule has 348 valence electrons. The maximum Gasteiger partial charge on any atom is 0.309 e. The van der Waals surface area contributed by atoms with Gasteiger partial charge in [0.15, 0.2) is 6.10 Å². The predicted molar refractivity (Wildman–Crippen MR) is 242 cm³/mol. The van der Waals surface area contributed by atoms with E-state index < -0.39 is 59.4 Å². The first kappa shape index (κ1) is 52.5. The van der Waals surface area contributed by atoms with Crippen LogP contribution in [0.1, 0.15) is 134 Å². The summed E-state index contributed by atoms with van der Waals surface area (Å²) in [5, 5.41) is 21.9. The fourth-order valence-corrected chi connectivity index (χ4v) is 8.17. The number of hydrogen-bond donors (Lipinski definition) is 5. The first-order chi connectivity index (χ1) is 29.7. The molecular weight excluding hydrogens is 827 g/mol. The second kappa shape index (κ2) is 24.8. The number of anilines is 1. The Morgan fingerprint density at radius 3 is 2.35 bits per heavy atom. The average molecular weight is 896 g/mol. The number of nitrogens with two attached hydrogens (primary N) is 1. The summed E-state index contributed by atoms with van der Waals surface area (Å²) < 4.78 is 5.85. The summed E-state index contributed by atoms with van der Waals surface area (Å²) in [4.78, 5) is 92.1. The number of esters is 1. The van der Waals surface area contributed by atoms with Gasteiger partial charge in [0.2, 0.25) is 11.8 Å². The Labute approximate surface area is 376 Å². The first-order valence-electron chi connectivity index (χ1n) is 21.9. The highest BCUT2D eigenvalue weighted by atomic mass is 32.1. The van der Waals surface area contributed by atoms with Gasteiger partial charge in [-0.3, -0.25) is 38.5 Å². The van der Waals surface area contributed by atoms with Crippen molar-refractivity contribution in [2.45, 2.75) is 149 Å². The number of carbonyl (C=O) groups excluding carboxylic acids is 5. The Morgan fingerprint density at radius 2 is 1.78 bits per heavy atom. The van der Waals surface area contributed by atoms with Crippen LogP contribution in [0.15, 0.2) is 29.6 Å². The molecule has 17 heteroatoms. The Kier molecular flexibility index (Phi) is 20.7. The fourth-order valence-electron chi connectivity index (χ4n) is 7.34. The number of nitrogens with one attached hydrogen (secondary N) is 3. The van der Waals surface area contributed by atoms with Crippen molar-refractivity contribution in [3.63, 3.8) is 0 Å². The number of hydrogen-bond acceptors (Lipinski definition) is 12. The maximum absolute atomic E-state index is 14.7. The number of piperidine rings is 1. The molecule has 0 unspecified atom stereocenters. The number of likely N-dealkylation sites (N-methyl/N-ethyl adjacent to an activating group) is 1. The molecule has 16 nitrogen and oxygen atoms in total. The Balaban J connectivity index is 1.93. The minimum atomic E-state index is -1.20. The molecule has 7 atom stereocenters. The van der Waals surface area contributed by atoms with Crippen molar-refractivity contribution >= 4 is 52.6 Å². The highest BCUT2D eigenvalue weighted by molar-refractivity contribution is 7.09. The van der Waals surface area contributed by atoms with Crippen LogP contribution >= 0.6 is 11.3 Å². The number of likely N-dealkylation sites (tertiary alicyclic amines) is 1. The molecule has 6 N–H and O–H groups in total. The lowest BCUT2D eigenvalue weighted by Crippen LogP contribution is -2.58. The molecule has 0 saturated carbocycles. The molecule has 2 heterocycles. The first-order valence-corrected chi connectivity index (χ1v) is 22.8. The number of rotatable bonds is 24. The van der Waals surface area contributed by atoms with Crippen molar-refractivity contribution in [3.8, 4) is 12.3 Å². The molecule has 2 aromatic rings. The molecule has 3 rings (SSSR count). The van der Waals surface area contributed by atoms with Gasteiger partial charge in [0, 0.05) is 36.9 Å². The smallest absolute Gasteiger partial charge is 0.309 e. The minimum absolute atomic E-state index is 0.0334. The lowest BCUT2D eigenvalue weighted by Gasteiger charge is -2.39. The number of benzene rings is 1.